The van der Waals surface area contributed by atoms with Gasteiger partial charge in [0.15, 0.2) is 0 Å². The molecule has 16 radical (unpaired) electrons. The van der Waals surface area contributed by atoms with Crippen molar-refractivity contribution in [1.29, 1.82) is 0 Å². The van der Waals surface area contributed by atoms with Gasteiger partial charge in [0, 0.05) is 0 Å². The van der Waals surface area contributed by atoms with Gasteiger partial charge in [0.05, 0.1) is 0 Å². The van der Waals surface area contributed by atoms with Gasteiger partial charge in [-0.15, -0.1) is 0 Å². The van der Waals surface area contributed by atoms with Gasteiger partial charge in [-0.3, -0.25) is 0 Å². The summed E-state index contributed by atoms with van der Waals surface area (Å²) in [4.78, 5) is 0. The zero-order valence-corrected chi connectivity index (χ0v) is 20.9. The summed E-state index contributed by atoms with van der Waals surface area (Å²) in [6.07, 6.45) is 0. The van der Waals surface area contributed by atoms with E-state index < -0.39 is 0 Å². The highest BCUT2D eigenvalue weighted by molar-refractivity contribution is 6.61. The maximum atomic E-state index is 6.50. The summed E-state index contributed by atoms with van der Waals surface area (Å²) in [5.74, 6) is 0. The molecule has 8 heteroatoms. The predicted octanol–water partition coefficient (Wildman–Crippen LogP) is -2.03. The summed E-state index contributed by atoms with van der Waals surface area (Å²) >= 11 is 0. The number of rotatable bonds is 2. The van der Waals surface area contributed by atoms with Crippen molar-refractivity contribution in [2.45, 2.75) is 52.4 Å². The van der Waals surface area contributed by atoms with Gasteiger partial charge >= 0.3 is 0 Å². The Morgan fingerprint density at radius 3 is 0.941 bits per heavy atom. The van der Waals surface area contributed by atoms with E-state index >= 15 is 0 Å². The summed E-state index contributed by atoms with van der Waals surface area (Å²) < 4.78 is 0. The minimum Gasteiger partial charge on any atom is -0.0999 e. The Bertz CT molecular complexity index is 1140. The summed E-state index contributed by atoms with van der Waals surface area (Å²) in [6, 6.07) is 7.50. The molecule has 0 N–H and O–H groups in total. The summed E-state index contributed by atoms with van der Waals surface area (Å²) in [5, 5.41) is 0. The maximum absolute atomic E-state index is 6.50. The van der Waals surface area contributed by atoms with E-state index in [1.54, 1.807) is 0 Å². The number of benzene rings is 3. The molecule has 0 aliphatic rings. The fourth-order valence-electron chi connectivity index (χ4n) is 4.73. The SMILES string of the molecule is [B]c1c([B])c(C(C)(C)C)c([B])c([B])c1-c1cccc(-c2c([B])c([B])c(C(C)(C)C)c([B])c2[B])c1. The van der Waals surface area contributed by atoms with Crippen LogP contribution in [0.15, 0.2) is 24.3 Å². The molecule has 3 aromatic carbocycles. The lowest BCUT2D eigenvalue weighted by Crippen LogP contribution is -2.49. The van der Waals surface area contributed by atoms with E-state index in [-0.39, 0.29) is 10.8 Å². The molecule has 0 saturated heterocycles. The first-order valence-electron chi connectivity index (χ1n) is 11.1. The highest BCUT2D eigenvalue weighted by atomic mass is 14.3. The molecule has 150 valence electrons. The molecule has 0 amide bonds. The van der Waals surface area contributed by atoms with Gasteiger partial charge < -0.3 is 0 Å². The zero-order chi connectivity index (χ0) is 25.9. The lowest BCUT2D eigenvalue weighted by atomic mass is 9.58. The average molecular weight is 421 g/mol. The van der Waals surface area contributed by atoms with Crippen molar-refractivity contribution in [3.8, 4) is 22.3 Å². The van der Waals surface area contributed by atoms with Gasteiger partial charge in [0.2, 0.25) is 0 Å². The quantitative estimate of drug-likeness (QED) is 0.419. The van der Waals surface area contributed by atoms with Gasteiger partial charge in [0.1, 0.15) is 62.8 Å². The van der Waals surface area contributed by atoms with Crippen LogP contribution < -0.4 is 43.7 Å². The fourth-order valence-corrected chi connectivity index (χ4v) is 4.73. The first-order valence-corrected chi connectivity index (χ1v) is 11.1. The van der Waals surface area contributed by atoms with Crippen LogP contribution in [0, 0.1) is 0 Å². The normalized spacial score (nSPS) is 12.2. The van der Waals surface area contributed by atoms with E-state index in [1.807, 2.05) is 65.8 Å². The summed E-state index contributed by atoms with van der Waals surface area (Å²) in [6.45, 7) is 12.1. The molecule has 0 aliphatic heterocycles. The van der Waals surface area contributed by atoms with Crippen LogP contribution in [0.2, 0.25) is 0 Å². The smallest absolute Gasteiger partial charge is 0.0999 e. The molecule has 0 aliphatic carbocycles. The Morgan fingerprint density at radius 1 is 0.441 bits per heavy atom. The first-order chi connectivity index (χ1) is 15.5. The summed E-state index contributed by atoms with van der Waals surface area (Å²) in [5.41, 5.74) is 6.54. The number of hydrogen-bond acceptors (Lipinski definition) is 0. The first kappa shape index (κ1) is 26.8. The third-order valence-electron chi connectivity index (χ3n) is 6.26. The Morgan fingerprint density at radius 2 is 0.706 bits per heavy atom. The lowest BCUT2D eigenvalue weighted by molar-refractivity contribution is 0.598. The van der Waals surface area contributed by atoms with Crippen molar-refractivity contribution >= 4 is 106 Å². The zero-order valence-electron chi connectivity index (χ0n) is 20.9. The molecule has 34 heavy (non-hydrogen) atoms. The van der Waals surface area contributed by atoms with E-state index in [9.17, 15) is 0 Å². The largest absolute Gasteiger partial charge is 0.113 e. The van der Waals surface area contributed by atoms with Crippen molar-refractivity contribution in [1.82, 2.24) is 0 Å². The van der Waals surface area contributed by atoms with E-state index in [4.69, 9.17) is 62.8 Å². The highest BCUT2D eigenvalue weighted by Crippen LogP contribution is 2.25. The van der Waals surface area contributed by atoms with E-state index in [1.165, 1.54) is 0 Å². The van der Waals surface area contributed by atoms with E-state index in [0.717, 1.165) is 22.3 Å². The summed E-state index contributed by atoms with van der Waals surface area (Å²) in [7, 11) is 51.7. The maximum Gasteiger partial charge on any atom is 0.113 e. The van der Waals surface area contributed by atoms with E-state index in [2.05, 4.69) is 0 Å². The topological polar surface area (TPSA) is 0 Å². The van der Waals surface area contributed by atoms with Crippen molar-refractivity contribution in [2.24, 2.45) is 0 Å². The molecule has 0 unspecified atom stereocenters. The fraction of sp³-hybridized carbons (Fsp3) is 0.308. The van der Waals surface area contributed by atoms with Gasteiger partial charge in [0.25, 0.3) is 0 Å². The standard InChI is InChI=1S/C26H22B8/c1-25(2,3)15-21(31)17(27)13(18(28)22(15)32)11-8-7-9-12(10-11)14-19(29)23(33)16(26(4,5)6)24(34)20(14)30/h7-10H,1-6H3. The average Bonchev–Trinajstić information content (AvgIpc) is 2.70. The second kappa shape index (κ2) is 9.00. The van der Waals surface area contributed by atoms with Gasteiger partial charge in [-0.1, -0.05) is 115 Å². The predicted molar refractivity (Wildman–Crippen MR) is 158 cm³/mol. The molecule has 0 aromatic heterocycles. The molecule has 0 heterocycles. The second-order valence-corrected chi connectivity index (χ2v) is 10.9. The van der Waals surface area contributed by atoms with Crippen LogP contribution >= 0.6 is 0 Å². The van der Waals surface area contributed by atoms with Crippen LogP contribution in [0.25, 0.3) is 22.3 Å². The molecule has 3 rings (SSSR count). The Hall–Kier alpha value is -1.82. The third kappa shape index (κ3) is 4.43. The molecule has 0 spiro atoms. The van der Waals surface area contributed by atoms with Crippen molar-refractivity contribution in [3.05, 3.63) is 35.4 Å². The van der Waals surface area contributed by atoms with Crippen molar-refractivity contribution in [3.63, 3.8) is 0 Å². The lowest BCUT2D eigenvalue weighted by Gasteiger charge is -2.31. The van der Waals surface area contributed by atoms with Crippen LogP contribution in [0.1, 0.15) is 52.7 Å². The molecule has 0 fully saturated rings. The van der Waals surface area contributed by atoms with Gasteiger partial charge in [-0.2, -0.15) is 0 Å². The van der Waals surface area contributed by atoms with Crippen molar-refractivity contribution in [2.75, 3.05) is 0 Å². The monoisotopic (exact) mass is 422 g/mol. The van der Waals surface area contributed by atoms with Gasteiger partial charge in [-0.25, -0.2) is 0 Å². The van der Waals surface area contributed by atoms with Crippen LogP contribution in [-0.2, 0) is 10.8 Å². The second-order valence-electron chi connectivity index (χ2n) is 10.9. The Kier molecular flexibility index (Phi) is 7.09. The highest BCUT2D eigenvalue weighted by Gasteiger charge is 2.24. The number of hydrogen-bond donors (Lipinski definition) is 0. The van der Waals surface area contributed by atoms with Crippen molar-refractivity contribution < 1.29 is 0 Å². The minimum atomic E-state index is -0.330. The van der Waals surface area contributed by atoms with Crippen LogP contribution in [0.4, 0.5) is 0 Å². The van der Waals surface area contributed by atoms with Crippen LogP contribution in [0.3, 0.4) is 0 Å². The van der Waals surface area contributed by atoms with E-state index in [0.29, 0.717) is 54.8 Å². The molecule has 0 atom stereocenters. The molecular weight excluding hydrogens is 399 g/mol. The molecular formula is C26H22B8. The van der Waals surface area contributed by atoms with Crippen LogP contribution in [0.5, 0.6) is 0 Å². The van der Waals surface area contributed by atoms with Crippen LogP contribution in [-0.4, -0.2) is 62.8 Å². The van der Waals surface area contributed by atoms with Gasteiger partial charge in [-0.05, 0) is 39.2 Å². The Labute approximate surface area is 216 Å². The third-order valence-corrected chi connectivity index (χ3v) is 6.26. The molecule has 0 bridgehead atoms. The minimum absolute atomic E-state index is 0.330. The molecule has 0 nitrogen and oxygen atoms in total. The molecule has 0 saturated carbocycles. The molecule has 3 aromatic rings. The Balaban J connectivity index is 2.31.